The van der Waals surface area contributed by atoms with Crippen LogP contribution in [0.1, 0.15) is 11.1 Å². The van der Waals surface area contributed by atoms with E-state index in [0.717, 1.165) is 43.1 Å². The number of rotatable bonds is 3. The van der Waals surface area contributed by atoms with Crippen LogP contribution in [-0.2, 0) is 4.79 Å². The molecule has 1 N–H and O–H groups in total. The number of ether oxygens (including phenoxy) is 1. The molecule has 4 heteroatoms. The van der Waals surface area contributed by atoms with Crippen molar-refractivity contribution in [2.24, 2.45) is 0 Å². The zero-order valence-corrected chi connectivity index (χ0v) is 11.0. The molecule has 1 aromatic rings. The Bertz CT molecular complexity index is 426. The SMILES string of the molecule is Cc1ccc(C)c(OCC(=O)N2CCNCC2)c1. The molecule has 98 valence electrons. The Balaban J connectivity index is 1.90. The number of amides is 1. The van der Waals surface area contributed by atoms with E-state index >= 15 is 0 Å². The summed E-state index contributed by atoms with van der Waals surface area (Å²) in [5.41, 5.74) is 2.21. The number of nitrogens with one attached hydrogen (secondary N) is 1. The molecule has 0 atom stereocenters. The zero-order chi connectivity index (χ0) is 13.0. The van der Waals surface area contributed by atoms with Crippen molar-refractivity contribution >= 4 is 5.91 Å². The second-order valence-electron chi connectivity index (χ2n) is 4.69. The van der Waals surface area contributed by atoms with E-state index < -0.39 is 0 Å². The summed E-state index contributed by atoms with van der Waals surface area (Å²) in [6.07, 6.45) is 0. The van der Waals surface area contributed by atoms with E-state index in [-0.39, 0.29) is 12.5 Å². The second-order valence-corrected chi connectivity index (χ2v) is 4.69. The first kappa shape index (κ1) is 12.9. The number of piperazine rings is 1. The summed E-state index contributed by atoms with van der Waals surface area (Å²) in [6, 6.07) is 6.03. The molecule has 1 saturated heterocycles. The molecule has 0 aromatic heterocycles. The van der Waals surface area contributed by atoms with Gasteiger partial charge < -0.3 is 15.0 Å². The van der Waals surface area contributed by atoms with Gasteiger partial charge in [0.2, 0.25) is 0 Å². The van der Waals surface area contributed by atoms with Gasteiger partial charge in [0.05, 0.1) is 0 Å². The molecule has 1 aliphatic rings. The van der Waals surface area contributed by atoms with Crippen LogP contribution in [0.4, 0.5) is 0 Å². The molecule has 18 heavy (non-hydrogen) atoms. The quantitative estimate of drug-likeness (QED) is 0.871. The highest BCUT2D eigenvalue weighted by atomic mass is 16.5. The molecule has 2 rings (SSSR count). The summed E-state index contributed by atoms with van der Waals surface area (Å²) in [6.45, 7) is 7.42. The van der Waals surface area contributed by atoms with Gasteiger partial charge in [0.1, 0.15) is 5.75 Å². The maximum absolute atomic E-state index is 11.9. The van der Waals surface area contributed by atoms with Gasteiger partial charge in [-0.2, -0.15) is 0 Å². The number of carbonyl (C=O) groups is 1. The number of nitrogens with zero attached hydrogens (tertiary/aromatic N) is 1. The minimum absolute atomic E-state index is 0.0670. The molecule has 0 saturated carbocycles. The number of hydrogen-bond acceptors (Lipinski definition) is 3. The molecule has 0 bridgehead atoms. The van der Waals surface area contributed by atoms with Crippen molar-refractivity contribution in [1.29, 1.82) is 0 Å². The van der Waals surface area contributed by atoms with Crippen molar-refractivity contribution in [3.05, 3.63) is 29.3 Å². The Labute approximate surface area is 108 Å². The summed E-state index contributed by atoms with van der Waals surface area (Å²) in [4.78, 5) is 13.8. The van der Waals surface area contributed by atoms with Crippen LogP contribution in [0.3, 0.4) is 0 Å². The van der Waals surface area contributed by atoms with Crippen molar-refractivity contribution in [2.75, 3.05) is 32.8 Å². The van der Waals surface area contributed by atoms with Gasteiger partial charge in [-0.3, -0.25) is 4.79 Å². The van der Waals surface area contributed by atoms with Crippen molar-refractivity contribution in [3.63, 3.8) is 0 Å². The van der Waals surface area contributed by atoms with Crippen LogP contribution in [0.25, 0.3) is 0 Å². The van der Waals surface area contributed by atoms with Gasteiger partial charge in [0, 0.05) is 26.2 Å². The third-order valence-electron chi connectivity index (χ3n) is 3.16. The molecule has 4 nitrogen and oxygen atoms in total. The van der Waals surface area contributed by atoms with Crippen LogP contribution in [0.15, 0.2) is 18.2 Å². The van der Waals surface area contributed by atoms with E-state index in [9.17, 15) is 4.79 Å². The first-order valence-corrected chi connectivity index (χ1v) is 6.35. The molecule has 0 aliphatic carbocycles. The van der Waals surface area contributed by atoms with Gasteiger partial charge in [-0.1, -0.05) is 12.1 Å². The molecule has 1 aliphatic heterocycles. The molecule has 0 radical (unpaired) electrons. The summed E-state index contributed by atoms with van der Waals surface area (Å²) in [7, 11) is 0. The Kier molecular flexibility index (Phi) is 4.20. The van der Waals surface area contributed by atoms with E-state index in [1.165, 1.54) is 0 Å². The Hall–Kier alpha value is -1.55. The third kappa shape index (κ3) is 3.23. The molecule has 1 heterocycles. The van der Waals surface area contributed by atoms with Gasteiger partial charge in [0.15, 0.2) is 6.61 Å². The van der Waals surface area contributed by atoms with E-state index in [4.69, 9.17) is 4.74 Å². The molecule has 0 unspecified atom stereocenters. The Morgan fingerprint density at radius 3 is 2.78 bits per heavy atom. The normalized spacial score (nSPS) is 15.6. The molecule has 1 amide bonds. The van der Waals surface area contributed by atoms with Crippen molar-refractivity contribution in [2.45, 2.75) is 13.8 Å². The molecule has 0 spiro atoms. The second kappa shape index (κ2) is 5.87. The fourth-order valence-electron chi connectivity index (χ4n) is 2.01. The first-order valence-electron chi connectivity index (χ1n) is 6.35. The average Bonchev–Trinajstić information content (AvgIpc) is 2.40. The summed E-state index contributed by atoms with van der Waals surface area (Å²) < 4.78 is 5.62. The lowest BCUT2D eigenvalue weighted by Crippen LogP contribution is -2.47. The van der Waals surface area contributed by atoms with E-state index in [0.29, 0.717) is 0 Å². The third-order valence-corrected chi connectivity index (χ3v) is 3.16. The molecular weight excluding hydrogens is 228 g/mol. The minimum atomic E-state index is 0.0670. The molecule has 1 fully saturated rings. The van der Waals surface area contributed by atoms with Gasteiger partial charge in [0.25, 0.3) is 5.91 Å². The van der Waals surface area contributed by atoms with Crippen LogP contribution in [0.2, 0.25) is 0 Å². The van der Waals surface area contributed by atoms with E-state index in [1.54, 1.807) is 0 Å². The van der Waals surface area contributed by atoms with Gasteiger partial charge in [-0.05, 0) is 31.0 Å². The maximum atomic E-state index is 11.9. The first-order chi connectivity index (χ1) is 8.66. The standard InChI is InChI=1S/C14H20N2O2/c1-11-3-4-12(2)13(9-11)18-10-14(17)16-7-5-15-6-8-16/h3-4,9,15H,5-8,10H2,1-2H3. The maximum Gasteiger partial charge on any atom is 0.260 e. The largest absolute Gasteiger partial charge is 0.483 e. The van der Waals surface area contributed by atoms with E-state index in [1.807, 2.05) is 36.9 Å². The Morgan fingerprint density at radius 1 is 1.33 bits per heavy atom. The lowest BCUT2D eigenvalue weighted by Gasteiger charge is -2.27. The van der Waals surface area contributed by atoms with Crippen LogP contribution >= 0.6 is 0 Å². The van der Waals surface area contributed by atoms with Gasteiger partial charge in [-0.25, -0.2) is 0 Å². The van der Waals surface area contributed by atoms with Gasteiger partial charge in [-0.15, -0.1) is 0 Å². The highest BCUT2D eigenvalue weighted by molar-refractivity contribution is 5.78. The lowest BCUT2D eigenvalue weighted by atomic mass is 10.1. The molecular formula is C14H20N2O2. The van der Waals surface area contributed by atoms with Crippen LogP contribution in [0, 0.1) is 13.8 Å². The smallest absolute Gasteiger partial charge is 0.260 e. The van der Waals surface area contributed by atoms with Crippen LogP contribution < -0.4 is 10.1 Å². The zero-order valence-electron chi connectivity index (χ0n) is 11.0. The monoisotopic (exact) mass is 248 g/mol. The number of benzene rings is 1. The van der Waals surface area contributed by atoms with E-state index in [2.05, 4.69) is 5.32 Å². The topological polar surface area (TPSA) is 41.6 Å². The number of carbonyl (C=O) groups excluding carboxylic acids is 1. The lowest BCUT2D eigenvalue weighted by molar-refractivity contribution is -0.133. The van der Waals surface area contributed by atoms with Crippen molar-refractivity contribution in [1.82, 2.24) is 10.2 Å². The van der Waals surface area contributed by atoms with Crippen molar-refractivity contribution < 1.29 is 9.53 Å². The predicted molar refractivity (Wildman–Crippen MR) is 70.9 cm³/mol. The van der Waals surface area contributed by atoms with Gasteiger partial charge >= 0.3 is 0 Å². The van der Waals surface area contributed by atoms with Crippen LogP contribution in [-0.4, -0.2) is 43.6 Å². The Morgan fingerprint density at radius 2 is 2.06 bits per heavy atom. The van der Waals surface area contributed by atoms with Crippen molar-refractivity contribution in [3.8, 4) is 5.75 Å². The summed E-state index contributed by atoms with van der Waals surface area (Å²) >= 11 is 0. The number of hydrogen-bond donors (Lipinski definition) is 1. The molecule has 1 aromatic carbocycles. The highest BCUT2D eigenvalue weighted by Gasteiger charge is 2.16. The summed E-state index contributed by atoms with van der Waals surface area (Å²) in [5, 5.41) is 3.23. The fraction of sp³-hybridized carbons (Fsp3) is 0.500. The highest BCUT2D eigenvalue weighted by Crippen LogP contribution is 2.19. The number of aryl methyl sites for hydroxylation is 2. The summed E-state index contributed by atoms with van der Waals surface area (Å²) in [5.74, 6) is 0.871. The fourth-order valence-corrected chi connectivity index (χ4v) is 2.01. The minimum Gasteiger partial charge on any atom is -0.483 e. The average molecular weight is 248 g/mol. The predicted octanol–water partition coefficient (Wildman–Crippen LogP) is 1.11. The van der Waals surface area contributed by atoms with Crippen LogP contribution in [0.5, 0.6) is 5.75 Å².